The molecule has 3 nitrogen and oxygen atoms in total. The molecule has 0 aliphatic heterocycles. The molecule has 0 bridgehead atoms. The van der Waals surface area contributed by atoms with Crippen molar-refractivity contribution in [3.8, 4) is 11.1 Å². The first kappa shape index (κ1) is 12.7. The lowest BCUT2D eigenvalue weighted by Gasteiger charge is -2.09. The summed E-state index contributed by atoms with van der Waals surface area (Å²) >= 11 is 0. The highest BCUT2D eigenvalue weighted by Gasteiger charge is 2.12. The summed E-state index contributed by atoms with van der Waals surface area (Å²) in [6, 6.07) is 19.9. The fraction of sp³-hybridized carbons (Fsp3) is 0. The maximum absolute atomic E-state index is 11.1. The van der Waals surface area contributed by atoms with Gasteiger partial charge in [-0.3, -0.25) is 4.79 Å². The van der Waals surface area contributed by atoms with Gasteiger partial charge in [-0.1, -0.05) is 48.5 Å². The lowest BCUT2D eigenvalue weighted by molar-refractivity contribution is 0.112. The zero-order valence-corrected chi connectivity index (χ0v) is 11.8. The van der Waals surface area contributed by atoms with Gasteiger partial charge in [-0.05, 0) is 12.1 Å². The van der Waals surface area contributed by atoms with Crippen LogP contribution in [0.2, 0.25) is 0 Å². The molecule has 0 spiro atoms. The summed E-state index contributed by atoms with van der Waals surface area (Å²) in [4.78, 5) is 14.6. The number of rotatable bonds is 2. The van der Waals surface area contributed by atoms with Gasteiger partial charge in [-0.2, -0.15) is 0 Å². The van der Waals surface area contributed by atoms with Crippen LogP contribution >= 0.6 is 0 Å². The van der Waals surface area contributed by atoms with Crippen molar-refractivity contribution in [2.24, 2.45) is 0 Å². The standard InChI is InChI=1S/C19H14N2O/c20-18-12(11-22)5-3-7-14(18)16-9-4-8-15-13-6-1-2-10-17(13)21-19(15)16/h1-11,21H,20H2. The number of aromatic amines is 1. The summed E-state index contributed by atoms with van der Waals surface area (Å²) in [7, 11) is 0. The summed E-state index contributed by atoms with van der Waals surface area (Å²) in [6.45, 7) is 0. The molecule has 3 heteroatoms. The number of nitrogens with two attached hydrogens (primary N) is 1. The van der Waals surface area contributed by atoms with Crippen LogP contribution in [0.5, 0.6) is 0 Å². The topological polar surface area (TPSA) is 58.9 Å². The highest BCUT2D eigenvalue weighted by Crippen LogP contribution is 2.36. The van der Waals surface area contributed by atoms with E-state index in [1.54, 1.807) is 6.07 Å². The second-order valence-corrected chi connectivity index (χ2v) is 5.33. The number of aromatic nitrogens is 1. The number of hydrogen-bond donors (Lipinski definition) is 2. The average molecular weight is 286 g/mol. The Morgan fingerprint density at radius 3 is 2.41 bits per heavy atom. The second-order valence-electron chi connectivity index (χ2n) is 5.33. The van der Waals surface area contributed by atoms with Gasteiger partial charge in [0.05, 0.1) is 11.2 Å². The number of para-hydroxylation sites is 3. The van der Waals surface area contributed by atoms with Crippen molar-refractivity contribution >= 4 is 33.8 Å². The molecule has 106 valence electrons. The van der Waals surface area contributed by atoms with Gasteiger partial charge >= 0.3 is 0 Å². The predicted octanol–water partition coefficient (Wildman–Crippen LogP) is 4.38. The minimum Gasteiger partial charge on any atom is -0.398 e. The fourth-order valence-electron chi connectivity index (χ4n) is 3.02. The molecular weight excluding hydrogens is 272 g/mol. The van der Waals surface area contributed by atoms with E-state index >= 15 is 0 Å². The third-order valence-electron chi connectivity index (χ3n) is 4.10. The quantitative estimate of drug-likeness (QED) is 0.424. The Morgan fingerprint density at radius 2 is 1.55 bits per heavy atom. The highest BCUT2D eigenvalue weighted by atomic mass is 16.1. The predicted molar refractivity (Wildman–Crippen MR) is 91.0 cm³/mol. The lowest BCUT2D eigenvalue weighted by atomic mass is 9.98. The van der Waals surface area contributed by atoms with Crippen molar-refractivity contribution in [2.75, 3.05) is 5.73 Å². The van der Waals surface area contributed by atoms with E-state index in [0.29, 0.717) is 11.3 Å². The van der Waals surface area contributed by atoms with E-state index in [2.05, 4.69) is 23.2 Å². The van der Waals surface area contributed by atoms with E-state index in [9.17, 15) is 4.79 Å². The molecule has 0 aliphatic carbocycles. The Balaban J connectivity index is 2.10. The zero-order valence-electron chi connectivity index (χ0n) is 11.8. The molecule has 0 unspecified atom stereocenters. The van der Waals surface area contributed by atoms with Crippen molar-refractivity contribution in [1.82, 2.24) is 4.98 Å². The number of nitrogen functional groups attached to an aromatic ring is 1. The van der Waals surface area contributed by atoms with E-state index in [0.717, 1.165) is 33.8 Å². The smallest absolute Gasteiger partial charge is 0.152 e. The van der Waals surface area contributed by atoms with Crippen molar-refractivity contribution < 1.29 is 4.79 Å². The number of aldehydes is 1. The molecule has 22 heavy (non-hydrogen) atoms. The van der Waals surface area contributed by atoms with Crippen LogP contribution in [0.25, 0.3) is 32.9 Å². The molecule has 0 saturated heterocycles. The summed E-state index contributed by atoms with van der Waals surface area (Å²) in [6.07, 6.45) is 0.796. The number of carbonyl (C=O) groups is 1. The van der Waals surface area contributed by atoms with Gasteiger partial charge in [0.1, 0.15) is 0 Å². The van der Waals surface area contributed by atoms with Crippen LogP contribution in [0.3, 0.4) is 0 Å². The maximum atomic E-state index is 11.1. The summed E-state index contributed by atoms with van der Waals surface area (Å²) in [5.41, 5.74) is 11.2. The van der Waals surface area contributed by atoms with Crippen LogP contribution in [-0.4, -0.2) is 11.3 Å². The molecule has 0 saturated carbocycles. The molecule has 0 atom stereocenters. The first-order valence-electron chi connectivity index (χ1n) is 7.13. The molecule has 1 aromatic heterocycles. The van der Waals surface area contributed by atoms with E-state index in [-0.39, 0.29) is 0 Å². The highest BCUT2D eigenvalue weighted by molar-refractivity contribution is 6.12. The number of benzene rings is 3. The zero-order chi connectivity index (χ0) is 15.1. The van der Waals surface area contributed by atoms with Crippen molar-refractivity contribution in [3.05, 3.63) is 66.2 Å². The Morgan fingerprint density at radius 1 is 0.818 bits per heavy atom. The second kappa shape index (κ2) is 4.74. The fourth-order valence-corrected chi connectivity index (χ4v) is 3.02. The molecule has 3 aromatic carbocycles. The van der Waals surface area contributed by atoms with Gasteiger partial charge < -0.3 is 10.7 Å². The van der Waals surface area contributed by atoms with Crippen molar-refractivity contribution in [1.29, 1.82) is 0 Å². The number of fused-ring (bicyclic) bond motifs is 3. The van der Waals surface area contributed by atoms with Crippen LogP contribution in [0, 0.1) is 0 Å². The molecular formula is C19H14N2O. The van der Waals surface area contributed by atoms with Crippen molar-refractivity contribution in [2.45, 2.75) is 0 Å². The van der Waals surface area contributed by atoms with Gasteiger partial charge in [-0.15, -0.1) is 0 Å². The first-order chi connectivity index (χ1) is 10.8. The van der Waals surface area contributed by atoms with E-state index < -0.39 is 0 Å². The Labute approximate surface area is 127 Å². The minimum atomic E-state index is 0.517. The number of hydrogen-bond acceptors (Lipinski definition) is 2. The molecule has 3 N–H and O–H groups in total. The lowest BCUT2D eigenvalue weighted by Crippen LogP contribution is -1.96. The van der Waals surface area contributed by atoms with Crippen molar-refractivity contribution in [3.63, 3.8) is 0 Å². The van der Waals surface area contributed by atoms with Gasteiger partial charge in [0.25, 0.3) is 0 Å². The normalized spacial score (nSPS) is 11.1. The molecule has 1 heterocycles. The monoisotopic (exact) mass is 286 g/mol. The van der Waals surface area contributed by atoms with Crippen LogP contribution in [0.1, 0.15) is 10.4 Å². The van der Waals surface area contributed by atoms with Crippen LogP contribution in [-0.2, 0) is 0 Å². The van der Waals surface area contributed by atoms with Crippen LogP contribution in [0.15, 0.2) is 60.7 Å². The third kappa shape index (κ3) is 1.72. The number of H-pyrrole nitrogens is 1. The summed E-state index contributed by atoms with van der Waals surface area (Å²) in [5.74, 6) is 0. The molecule has 0 fully saturated rings. The Hall–Kier alpha value is -3.07. The number of carbonyl (C=O) groups excluding carboxylic acids is 1. The third-order valence-corrected chi connectivity index (χ3v) is 4.10. The number of anilines is 1. The summed E-state index contributed by atoms with van der Waals surface area (Å²) < 4.78 is 0. The van der Waals surface area contributed by atoms with Crippen LogP contribution in [0.4, 0.5) is 5.69 Å². The Kier molecular flexibility index (Phi) is 2.73. The van der Waals surface area contributed by atoms with E-state index in [1.807, 2.05) is 36.4 Å². The molecule has 0 aliphatic rings. The van der Waals surface area contributed by atoms with E-state index in [1.165, 1.54) is 5.39 Å². The van der Waals surface area contributed by atoms with Gasteiger partial charge in [0, 0.05) is 33.0 Å². The molecule has 4 rings (SSSR count). The molecule has 0 amide bonds. The SMILES string of the molecule is Nc1c(C=O)cccc1-c1cccc2c1[nH]c1ccccc12. The first-order valence-corrected chi connectivity index (χ1v) is 7.13. The maximum Gasteiger partial charge on any atom is 0.152 e. The Bertz CT molecular complexity index is 1010. The van der Waals surface area contributed by atoms with Crippen LogP contribution < -0.4 is 5.73 Å². The van der Waals surface area contributed by atoms with Gasteiger partial charge in [-0.25, -0.2) is 0 Å². The minimum absolute atomic E-state index is 0.517. The van der Waals surface area contributed by atoms with Gasteiger partial charge in [0.15, 0.2) is 6.29 Å². The molecule has 4 aromatic rings. The average Bonchev–Trinajstić information content (AvgIpc) is 2.94. The summed E-state index contributed by atoms with van der Waals surface area (Å²) in [5, 5.41) is 2.34. The molecule has 0 radical (unpaired) electrons. The number of nitrogens with one attached hydrogen (secondary N) is 1. The van der Waals surface area contributed by atoms with Gasteiger partial charge in [0.2, 0.25) is 0 Å². The van der Waals surface area contributed by atoms with E-state index in [4.69, 9.17) is 5.73 Å². The largest absolute Gasteiger partial charge is 0.398 e.